The summed E-state index contributed by atoms with van der Waals surface area (Å²) in [6.07, 6.45) is 1.82. The zero-order valence-corrected chi connectivity index (χ0v) is 12.6. The van der Waals surface area contributed by atoms with Gasteiger partial charge in [-0.3, -0.25) is 9.48 Å². The third-order valence-electron chi connectivity index (χ3n) is 3.66. The van der Waals surface area contributed by atoms with Gasteiger partial charge in [0.15, 0.2) is 0 Å². The molecule has 0 fully saturated rings. The number of nitrogens with zero attached hydrogens (tertiary/aromatic N) is 2. The van der Waals surface area contributed by atoms with Gasteiger partial charge in [-0.15, -0.1) is 0 Å². The van der Waals surface area contributed by atoms with E-state index in [4.69, 9.17) is 0 Å². The van der Waals surface area contributed by atoms with Crippen LogP contribution in [0.25, 0.3) is 16.8 Å². The Balaban J connectivity index is 2.22. The molecule has 0 unspecified atom stereocenters. The average Bonchev–Trinajstić information content (AvgIpc) is 2.84. The van der Waals surface area contributed by atoms with Crippen molar-refractivity contribution in [3.63, 3.8) is 0 Å². The van der Waals surface area contributed by atoms with Crippen LogP contribution in [0.4, 0.5) is 4.39 Å². The second-order valence-electron chi connectivity index (χ2n) is 5.26. The van der Waals surface area contributed by atoms with Crippen LogP contribution in [0.5, 0.6) is 0 Å². The highest BCUT2D eigenvalue weighted by Gasteiger charge is 2.14. The molecular weight excluding hydrogens is 279 g/mol. The first-order valence-electron chi connectivity index (χ1n) is 7.25. The van der Waals surface area contributed by atoms with Gasteiger partial charge in [-0.25, -0.2) is 9.07 Å². The number of hydrogen-bond acceptors (Lipinski definition) is 1. The SMILES string of the molecule is CCn1cc(-c2cccc(C)c2)c(=O)n1-c1cccc(F)c1. The lowest BCUT2D eigenvalue weighted by Gasteiger charge is -2.08. The minimum absolute atomic E-state index is 0.141. The van der Waals surface area contributed by atoms with E-state index in [0.717, 1.165) is 11.1 Å². The Labute approximate surface area is 128 Å². The minimum Gasteiger partial charge on any atom is -0.285 e. The first-order chi connectivity index (χ1) is 10.6. The van der Waals surface area contributed by atoms with Gasteiger partial charge in [0, 0.05) is 12.7 Å². The van der Waals surface area contributed by atoms with Crippen LogP contribution in [0.3, 0.4) is 0 Å². The monoisotopic (exact) mass is 296 g/mol. The number of rotatable bonds is 3. The Morgan fingerprint density at radius 2 is 1.86 bits per heavy atom. The first-order valence-corrected chi connectivity index (χ1v) is 7.25. The molecule has 4 heteroatoms. The Hall–Kier alpha value is -2.62. The maximum atomic E-state index is 13.5. The van der Waals surface area contributed by atoms with Crippen LogP contribution < -0.4 is 5.56 Å². The van der Waals surface area contributed by atoms with Crippen LogP contribution in [-0.2, 0) is 6.54 Å². The van der Waals surface area contributed by atoms with Crippen molar-refractivity contribution >= 4 is 0 Å². The predicted molar refractivity (Wildman–Crippen MR) is 85.8 cm³/mol. The summed E-state index contributed by atoms with van der Waals surface area (Å²) in [5.41, 5.74) is 2.99. The third kappa shape index (κ3) is 2.48. The summed E-state index contributed by atoms with van der Waals surface area (Å²) in [4.78, 5) is 12.8. The first kappa shape index (κ1) is 14.3. The normalized spacial score (nSPS) is 10.9. The van der Waals surface area contributed by atoms with Crippen molar-refractivity contribution in [2.24, 2.45) is 0 Å². The van der Waals surface area contributed by atoms with Crippen molar-refractivity contribution in [3.8, 4) is 16.8 Å². The molecule has 0 atom stereocenters. The highest BCUT2D eigenvalue weighted by molar-refractivity contribution is 5.63. The number of aryl methyl sites for hydroxylation is 2. The molecule has 22 heavy (non-hydrogen) atoms. The Bertz CT molecular complexity index is 877. The molecule has 0 radical (unpaired) electrons. The van der Waals surface area contributed by atoms with Crippen molar-refractivity contribution < 1.29 is 4.39 Å². The van der Waals surface area contributed by atoms with E-state index in [2.05, 4.69) is 0 Å². The van der Waals surface area contributed by atoms with Crippen LogP contribution in [-0.4, -0.2) is 9.36 Å². The summed E-state index contributed by atoms with van der Waals surface area (Å²) in [6.45, 7) is 4.57. The molecule has 0 aliphatic rings. The molecular formula is C18H17FN2O. The summed E-state index contributed by atoms with van der Waals surface area (Å²) in [5.74, 6) is -0.356. The second-order valence-corrected chi connectivity index (χ2v) is 5.26. The van der Waals surface area contributed by atoms with Crippen LogP contribution in [0.2, 0.25) is 0 Å². The quantitative estimate of drug-likeness (QED) is 0.722. The summed E-state index contributed by atoms with van der Waals surface area (Å²) in [7, 11) is 0. The fraction of sp³-hybridized carbons (Fsp3) is 0.167. The largest absolute Gasteiger partial charge is 0.285 e. The van der Waals surface area contributed by atoms with Crippen LogP contribution in [0.1, 0.15) is 12.5 Å². The Morgan fingerprint density at radius 3 is 2.55 bits per heavy atom. The highest BCUT2D eigenvalue weighted by atomic mass is 19.1. The van der Waals surface area contributed by atoms with E-state index in [-0.39, 0.29) is 11.4 Å². The van der Waals surface area contributed by atoms with Gasteiger partial charge in [-0.05, 0) is 37.6 Å². The van der Waals surface area contributed by atoms with Gasteiger partial charge in [0.25, 0.3) is 5.56 Å². The van der Waals surface area contributed by atoms with E-state index >= 15 is 0 Å². The number of aromatic nitrogens is 2. The molecule has 0 aliphatic heterocycles. The molecule has 0 amide bonds. The highest BCUT2D eigenvalue weighted by Crippen LogP contribution is 2.19. The maximum Gasteiger partial charge on any atom is 0.279 e. The Kier molecular flexibility index (Phi) is 3.67. The number of benzene rings is 2. The van der Waals surface area contributed by atoms with E-state index in [9.17, 15) is 9.18 Å². The van der Waals surface area contributed by atoms with Crippen LogP contribution in [0.15, 0.2) is 59.5 Å². The molecule has 0 N–H and O–H groups in total. The third-order valence-corrected chi connectivity index (χ3v) is 3.66. The van der Waals surface area contributed by atoms with E-state index < -0.39 is 0 Å². The van der Waals surface area contributed by atoms with Gasteiger partial charge in [0.1, 0.15) is 5.82 Å². The predicted octanol–water partition coefficient (Wildman–Crippen LogP) is 3.77. The lowest BCUT2D eigenvalue weighted by atomic mass is 10.1. The summed E-state index contributed by atoms with van der Waals surface area (Å²) >= 11 is 0. The summed E-state index contributed by atoms with van der Waals surface area (Å²) in [6, 6.07) is 13.9. The van der Waals surface area contributed by atoms with Crippen molar-refractivity contribution in [1.29, 1.82) is 0 Å². The average molecular weight is 296 g/mol. The fourth-order valence-corrected chi connectivity index (χ4v) is 2.61. The summed E-state index contributed by atoms with van der Waals surface area (Å²) in [5, 5.41) is 0. The van der Waals surface area contributed by atoms with E-state index in [0.29, 0.717) is 17.8 Å². The van der Waals surface area contributed by atoms with Crippen molar-refractivity contribution in [1.82, 2.24) is 9.36 Å². The summed E-state index contributed by atoms with van der Waals surface area (Å²) < 4.78 is 16.8. The fourth-order valence-electron chi connectivity index (χ4n) is 2.61. The standard InChI is InChI=1S/C18H17FN2O/c1-3-20-12-17(14-7-4-6-13(2)10-14)18(22)21(20)16-9-5-8-15(19)11-16/h4-12H,3H2,1-2H3. The maximum absolute atomic E-state index is 13.5. The molecule has 1 heterocycles. The van der Waals surface area contributed by atoms with Crippen molar-refractivity contribution in [2.75, 3.05) is 0 Å². The van der Waals surface area contributed by atoms with Crippen molar-refractivity contribution in [3.05, 3.63) is 76.5 Å². The molecule has 0 spiro atoms. The smallest absolute Gasteiger partial charge is 0.279 e. The van der Waals surface area contributed by atoms with Gasteiger partial charge < -0.3 is 0 Å². The molecule has 0 bridgehead atoms. The van der Waals surface area contributed by atoms with Crippen LogP contribution >= 0.6 is 0 Å². The molecule has 2 aromatic carbocycles. The molecule has 112 valence electrons. The molecule has 3 nitrogen and oxygen atoms in total. The van der Waals surface area contributed by atoms with E-state index in [1.807, 2.05) is 44.3 Å². The van der Waals surface area contributed by atoms with Gasteiger partial charge in [-0.1, -0.05) is 35.9 Å². The van der Waals surface area contributed by atoms with Gasteiger partial charge in [0.05, 0.1) is 11.3 Å². The lowest BCUT2D eigenvalue weighted by Crippen LogP contribution is -2.21. The minimum atomic E-state index is -0.356. The zero-order valence-electron chi connectivity index (χ0n) is 12.6. The number of halogens is 1. The zero-order chi connectivity index (χ0) is 15.7. The second kappa shape index (κ2) is 5.64. The Morgan fingerprint density at radius 1 is 1.09 bits per heavy atom. The lowest BCUT2D eigenvalue weighted by molar-refractivity contribution is 0.568. The molecule has 0 aliphatic carbocycles. The molecule has 3 aromatic rings. The topological polar surface area (TPSA) is 26.9 Å². The van der Waals surface area contributed by atoms with E-state index in [1.165, 1.54) is 16.8 Å². The van der Waals surface area contributed by atoms with Crippen molar-refractivity contribution in [2.45, 2.75) is 20.4 Å². The molecule has 1 aromatic heterocycles. The van der Waals surface area contributed by atoms with E-state index in [1.54, 1.807) is 16.8 Å². The molecule has 3 rings (SSSR count). The molecule has 0 saturated heterocycles. The van der Waals surface area contributed by atoms with Gasteiger partial charge >= 0.3 is 0 Å². The van der Waals surface area contributed by atoms with Crippen LogP contribution in [0, 0.1) is 12.7 Å². The number of hydrogen-bond donors (Lipinski definition) is 0. The van der Waals surface area contributed by atoms with Gasteiger partial charge in [-0.2, -0.15) is 0 Å². The van der Waals surface area contributed by atoms with Gasteiger partial charge in [0.2, 0.25) is 0 Å². The molecule has 0 saturated carbocycles.